The fourth-order valence-electron chi connectivity index (χ4n) is 3.99. The van der Waals surface area contributed by atoms with Crippen LogP contribution in [0.5, 0.6) is 5.75 Å². The molecule has 35 heavy (non-hydrogen) atoms. The van der Waals surface area contributed by atoms with Gasteiger partial charge in [-0.25, -0.2) is 4.79 Å². The Morgan fingerprint density at radius 2 is 1.40 bits per heavy atom. The normalized spacial score (nSPS) is 10.9. The van der Waals surface area contributed by atoms with Crippen molar-refractivity contribution in [3.8, 4) is 5.75 Å². The van der Waals surface area contributed by atoms with Gasteiger partial charge in [0.25, 0.3) is 0 Å². The fraction of sp³-hybridized carbons (Fsp3) is 0.0714. The van der Waals surface area contributed by atoms with Crippen LogP contribution in [0.1, 0.15) is 16.6 Å². The number of aromatic hydroxyl groups is 1. The molecule has 0 aliphatic heterocycles. The Labute approximate surface area is 211 Å². The number of carbonyl (C=O) groups excluding carboxylic acids is 1. The molecule has 0 aliphatic rings. The first kappa shape index (κ1) is 22.8. The summed E-state index contributed by atoms with van der Waals surface area (Å²) in [6, 6.07) is 28.0. The van der Waals surface area contributed by atoms with Crippen molar-refractivity contribution in [1.82, 2.24) is 0 Å². The molecule has 5 aromatic rings. The maximum atomic E-state index is 12.6. The average Bonchev–Trinajstić information content (AvgIpc) is 2.88. The summed E-state index contributed by atoms with van der Waals surface area (Å²) in [4.78, 5) is 12.7. The van der Waals surface area contributed by atoms with Crippen LogP contribution >= 0.6 is 23.6 Å². The largest absolute Gasteiger partial charge is 0.505 e. The first-order valence-corrected chi connectivity index (χ1v) is 12.4. The summed E-state index contributed by atoms with van der Waals surface area (Å²) in [5.41, 5.74) is 2.21. The van der Waals surface area contributed by atoms with Crippen molar-refractivity contribution >= 4 is 73.1 Å². The molecule has 0 bridgehead atoms. The molecule has 0 saturated heterocycles. The molecule has 1 aromatic heterocycles. The van der Waals surface area contributed by atoms with Gasteiger partial charge >= 0.3 is 5.97 Å². The Kier molecular flexibility index (Phi) is 6.35. The second-order valence-corrected chi connectivity index (χ2v) is 9.27. The molecule has 1 heterocycles. The van der Waals surface area contributed by atoms with Crippen LogP contribution < -0.4 is 10.6 Å². The summed E-state index contributed by atoms with van der Waals surface area (Å²) in [5, 5.41) is 22.5. The molecule has 0 radical (unpaired) electrons. The molecular formula is C28H22N2O3S2. The van der Waals surface area contributed by atoms with E-state index in [9.17, 15) is 9.90 Å². The summed E-state index contributed by atoms with van der Waals surface area (Å²) in [5.74, 6) is -0.881. The molecular weight excluding hydrogens is 476 g/mol. The Morgan fingerprint density at radius 3 is 2.00 bits per heavy atom. The summed E-state index contributed by atoms with van der Waals surface area (Å²) >= 11 is 6.75. The van der Waals surface area contributed by atoms with Gasteiger partial charge in [0.05, 0.1) is 12.3 Å². The van der Waals surface area contributed by atoms with Gasteiger partial charge in [-0.1, -0.05) is 85.0 Å². The Bertz CT molecular complexity index is 1620. The molecule has 0 saturated carbocycles. The third-order valence-electron chi connectivity index (χ3n) is 5.64. The van der Waals surface area contributed by atoms with E-state index in [-0.39, 0.29) is 21.7 Å². The zero-order chi connectivity index (χ0) is 24.4. The Morgan fingerprint density at radius 1 is 0.857 bits per heavy atom. The maximum absolute atomic E-state index is 12.6. The third kappa shape index (κ3) is 4.43. The number of hydrogen-bond acceptors (Lipinski definition) is 7. The number of benzene rings is 4. The van der Waals surface area contributed by atoms with Gasteiger partial charge in [0.15, 0.2) is 10.6 Å². The molecule has 0 amide bonds. The van der Waals surface area contributed by atoms with Crippen LogP contribution in [-0.4, -0.2) is 17.7 Å². The van der Waals surface area contributed by atoms with Gasteiger partial charge < -0.3 is 20.5 Å². The zero-order valence-electron chi connectivity index (χ0n) is 18.9. The highest BCUT2D eigenvalue weighted by atomic mass is 32.1. The summed E-state index contributed by atoms with van der Waals surface area (Å²) < 4.78 is 5.31. The van der Waals surface area contributed by atoms with Crippen LogP contribution in [0, 0.1) is 4.51 Å². The highest BCUT2D eigenvalue weighted by Crippen LogP contribution is 2.43. The molecule has 0 atom stereocenters. The van der Waals surface area contributed by atoms with Crippen LogP contribution in [0.3, 0.4) is 0 Å². The van der Waals surface area contributed by atoms with Gasteiger partial charge in [0.2, 0.25) is 0 Å². The summed E-state index contributed by atoms with van der Waals surface area (Å²) in [6.07, 6.45) is 0. The lowest BCUT2D eigenvalue weighted by atomic mass is 10.1. The van der Waals surface area contributed by atoms with E-state index in [2.05, 4.69) is 10.6 Å². The van der Waals surface area contributed by atoms with Crippen LogP contribution in [0.2, 0.25) is 0 Å². The van der Waals surface area contributed by atoms with Gasteiger partial charge in [-0.05, 0) is 29.8 Å². The van der Waals surface area contributed by atoms with E-state index in [0.29, 0.717) is 10.7 Å². The molecule has 0 unspecified atom stereocenters. The van der Waals surface area contributed by atoms with Gasteiger partial charge in [-0.3, -0.25) is 0 Å². The highest BCUT2D eigenvalue weighted by molar-refractivity contribution is 7.71. The standard InChI is InChI=1S/C28H22N2O3S2/c1-2-33-28(32)26-24(31)25(34)23(29-21-15-7-11-17-9-3-5-13-19(17)21)27(35-26)30-22-16-8-12-18-10-4-6-14-20(18)22/h3-16,29-31H,2H2,1H3. The number of fused-ring (bicyclic) bond motifs is 2. The number of ether oxygens (including phenoxy) is 1. The predicted octanol–water partition coefficient (Wildman–Crippen LogP) is 8.15. The van der Waals surface area contributed by atoms with Crippen LogP contribution in [-0.2, 0) is 4.74 Å². The first-order chi connectivity index (χ1) is 17.1. The highest BCUT2D eigenvalue weighted by Gasteiger charge is 2.22. The molecule has 5 rings (SSSR count). The summed E-state index contributed by atoms with van der Waals surface area (Å²) in [6.45, 7) is 1.92. The molecule has 0 spiro atoms. The molecule has 4 aromatic carbocycles. The van der Waals surface area contributed by atoms with E-state index >= 15 is 0 Å². The minimum Gasteiger partial charge on any atom is -0.505 e. The van der Waals surface area contributed by atoms with Gasteiger partial charge in [0, 0.05) is 22.1 Å². The Hall–Kier alpha value is -3.94. The zero-order valence-corrected chi connectivity index (χ0v) is 20.5. The van der Waals surface area contributed by atoms with Crippen LogP contribution in [0.4, 0.5) is 22.1 Å². The quantitative estimate of drug-likeness (QED) is 0.162. The lowest BCUT2D eigenvalue weighted by Gasteiger charge is -2.18. The number of rotatable bonds is 6. The molecule has 7 heteroatoms. The minimum atomic E-state index is -0.612. The van der Waals surface area contributed by atoms with Crippen molar-refractivity contribution in [3.63, 3.8) is 0 Å². The van der Waals surface area contributed by atoms with E-state index < -0.39 is 5.97 Å². The molecule has 3 N–H and O–H groups in total. The first-order valence-electron chi connectivity index (χ1n) is 11.1. The number of nitrogens with one attached hydrogen (secondary N) is 2. The monoisotopic (exact) mass is 498 g/mol. The Balaban J connectivity index is 1.69. The van der Waals surface area contributed by atoms with Crippen molar-refractivity contribution in [2.45, 2.75) is 6.92 Å². The maximum Gasteiger partial charge on any atom is 0.352 e. The lowest BCUT2D eigenvalue weighted by Crippen LogP contribution is -2.06. The minimum absolute atomic E-state index is 0.0584. The van der Waals surface area contributed by atoms with Crippen molar-refractivity contribution in [3.05, 3.63) is 94.3 Å². The van der Waals surface area contributed by atoms with Crippen LogP contribution in [0.25, 0.3) is 21.5 Å². The van der Waals surface area contributed by atoms with Gasteiger partial charge in [-0.15, -0.1) is 11.3 Å². The van der Waals surface area contributed by atoms with E-state index in [1.54, 1.807) is 6.92 Å². The van der Waals surface area contributed by atoms with E-state index in [1.165, 1.54) is 0 Å². The van der Waals surface area contributed by atoms with E-state index in [4.69, 9.17) is 17.0 Å². The van der Waals surface area contributed by atoms with E-state index in [0.717, 1.165) is 44.3 Å². The molecule has 5 nitrogen and oxygen atoms in total. The number of esters is 1. The number of anilines is 4. The number of hydrogen-bond donors (Lipinski definition) is 3. The molecule has 0 fully saturated rings. The fourth-order valence-corrected chi connectivity index (χ4v) is 5.33. The van der Waals surface area contributed by atoms with Crippen molar-refractivity contribution in [2.24, 2.45) is 0 Å². The van der Waals surface area contributed by atoms with Crippen molar-refractivity contribution < 1.29 is 14.6 Å². The van der Waals surface area contributed by atoms with Crippen molar-refractivity contribution in [2.75, 3.05) is 17.2 Å². The lowest BCUT2D eigenvalue weighted by molar-refractivity contribution is 0.0529. The van der Waals surface area contributed by atoms with Gasteiger partial charge in [0.1, 0.15) is 9.51 Å². The molecule has 0 aliphatic carbocycles. The van der Waals surface area contributed by atoms with Gasteiger partial charge in [-0.2, -0.15) is 0 Å². The molecule has 174 valence electrons. The second kappa shape index (κ2) is 9.74. The van der Waals surface area contributed by atoms with Crippen LogP contribution in [0.15, 0.2) is 84.9 Å². The van der Waals surface area contributed by atoms with E-state index in [1.807, 2.05) is 84.9 Å². The third-order valence-corrected chi connectivity index (χ3v) is 7.11. The van der Waals surface area contributed by atoms with Crippen molar-refractivity contribution in [1.29, 1.82) is 0 Å². The summed E-state index contributed by atoms with van der Waals surface area (Å²) in [7, 11) is 0. The predicted molar refractivity (Wildman–Crippen MR) is 147 cm³/mol. The SMILES string of the molecule is CCOC(=O)c1sc(Nc2cccc3ccccc23)c(Nc2cccc3ccccc23)c(=S)c1O. The number of carbonyl (C=O) groups is 1. The second-order valence-electron chi connectivity index (χ2n) is 7.84. The average molecular weight is 499 g/mol. The smallest absolute Gasteiger partial charge is 0.352 e. The topological polar surface area (TPSA) is 70.6 Å².